The number of methoxy groups -OCH3 is 1. The number of ether oxygens (including phenoxy) is 1. The lowest BCUT2D eigenvalue weighted by Gasteiger charge is -2.49. The van der Waals surface area contributed by atoms with E-state index in [0.29, 0.717) is 51.0 Å². The molecule has 1 saturated heterocycles. The molecule has 7 aliphatic heterocycles. The Morgan fingerprint density at radius 3 is 2.31 bits per heavy atom. The summed E-state index contributed by atoms with van der Waals surface area (Å²) in [6, 6.07) is 5.99. The molecule has 1 N–H and O–H groups in total. The molecule has 7 heterocycles. The molecule has 0 aromatic heterocycles. The van der Waals surface area contributed by atoms with Crippen LogP contribution in [0.2, 0.25) is 0 Å². The summed E-state index contributed by atoms with van der Waals surface area (Å²) < 4.78 is 49.7. The zero-order valence-electron chi connectivity index (χ0n) is 24.5. The molecular formula is C34H40F3N3O2. The zero-order chi connectivity index (χ0) is 30.5. The number of carbonyl (C=O) groups excluding carboxylic acids is 1. The van der Waals surface area contributed by atoms with Gasteiger partial charge in [-0.05, 0) is 61.4 Å². The molecule has 8 aliphatic rings. The van der Waals surface area contributed by atoms with Crippen LogP contribution in [0.5, 0.6) is 5.75 Å². The summed E-state index contributed by atoms with van der Waals surface area (Å²) in [6.07, 6.45) is 9.75. The van der Waals surface area contributed by atoms with E-state index >= 15 is 0 Å². The molecule has 0 atom stereocenters. The summed E-state index contributed by atoms with van der Waals surface area (Å²) in [5.41, 5.74) is 0.297. The van der Waals surface area contributed by atoms with E-state index in [1.165, 1.54) is 0 Å². The van der Waals surface area contributed by atoms with Gasteiger partial charge in [-0.1, -0.05) is 62.6 Å². The average molecular weight is 580 g/mol. The second-order valence-electron chi connectivity index (χ2n) is 11.2. The fourth-order valence-corrected chi connectivity index (χ4v) is 6.61. The number of nitrogens with one attached hydrogen (secondary N) is 1. The Morgan fingerprint density at radius 2 is 1.74 bits per heavy atom. The third-order valence-electron chi connectivity index (χ3n) is 9.09. The third kappa shape index (κ3) is 5.90. The van der Waals surface area contributed by atoms with Crippen molar-refractivity contribution in [2.24, 2.45) is 5.41 Å². The fraction of sp³-hybridized carbons (Fsp3) is 0.412. The Bertz CT molecular complexity index is 1340. The maximum Gasteiger partial charge on any atom is 0.413 e. The highest BCUT2D eigenvalue weighted by atomic mass is 19.4. The Balaban J connectivity index is 1.92. The number of nitrogens with zero attached hydrogens (tertiary/aromatic N) is 2. The van der Waals surface area contributed by atoms with Crippen LogP contribution in [0, 0.1) is 10.8 Å². The minimum Gasteiger partial charge on any atom is -0.496 e. The molecular weight excluding hydrogens is 539 g/mol. The van der Waals surface area contributed by atoms with Gasteiger partial charge in [-0.25, -0.2) is 0 Å². The van der Waals surface area contributed by atoms with Gasteiger partial charge in [0, 0.05) is 49.1 Å². The van der Waals surface area contributed by atoms with Gasteiger partial charge in [0.1, 0.15) is 5.75 Å². The molecule has 1 saturated carbocycles. The molecule has 42 heavy (non-hydrogen) atoms. The van der Waals surface area contributed by atoms with E-state index in [0.717, 1.165) is 34.9 Å². The highest BCUT2D eigenvalue weighted by molar-refractivity contribution is 5.88. The zero-order valence-corrected chi connectivity index (χ0v) is 24.5. The summed E-state index contributed by atoms with van der Waals surface area (Å²) in [5.74, 6) is 0.165. The maximum absolute atomic E-state index is 14.6. The van der Waals surface area contributed by atoms with E-state index in [1.807, 2.05) is 42.5 Å². The predicted molar refractivity (Wildman–Crippen MR) is 163 cm³/mol. The number of halogens is 3. The van der Waals surface area contributed by atoms with Crippen molar-refractivity contribution in [3.8, 4) is 5.75 Å². The Hall–Kier alpha value is -3.81. The smallest absolute Gasteiger partial charge is 0.413 e. The first kappa shape index (κ1) is 31.1. The Labute approximate surface area is 246 Å². The molecule has 1 amide bonds. The number of piperazine rings is 1. The number of amides is 1. The van der Waals surface area contributed by atoms with Gasteiger partial charge in [0.15, 0.2) is 0 Å². The molecule has 1 aromatic carbocycles. The van der Waals surface area contributed by atoms with Gasteiger partial charge in [0.2, 0.25) is 5.91 Å². The van der Waals surface area contributed by atoms with E-state index in [2.05, 4.69) is 31.1 Å². The molecule has 2 fully saturated rings. The lowest BCUT2D eigenvalue weighted by atomic mass is 9.58. The van der Waals surface area contributed by atoms with Crippen molar-refractivity contribution >= 4 is 17.8 Å². The van der Waals surface area contributed by atoms with Crippen molar-refractivity contribution in [1.29, 1.82) is 5.41 Å². The minimum atomic E-state index is -4.74. The van der Waals surface area contributed by atoms with Crippen molar-refractivity contribution < 1.29 is 22.7 Å². The van der Waals surface area contributed by atoms with E-state index in [9.17, 15) is 18.0 Å². The molecule has 1 aliphatic carbocycles. The van der Waals surface area contributed by atoms with Crippen LogP contribution in [0.4, 0.5) is 13.2 Å². The fourth-order valence-electron chi connectivity index (χ4n) is 6.61. The van der Waals surface area contributed by atoms with E-state index in [1.54, 1.807) is 18.1 Å². The molecule has 224 valence electrons. The van der Waals surface area contributed by atoms with Crippen LogP contribution in [-0.2, 0) is 10.2 Å². The van der Waals surface area contributed by atoms with Gasteiger partial charge in [-0.3, -0.25) is 4.79 Å². The number of alkyl halides is 3. The second-order valence-corrected chi connectivity index (χ2v) is 11.2. The SMILES string of the molecule is C=C\C=C/C(=C/C=C\C12CCC(/C(=C\C=N)C(F)(F)F)(CC1)C(=O)N1CCN(CC1)C(=C)c1ccc2cc1OC)CC. The molecule has 9 rings (SSSR count). The van der Waals surface area contributed by atoms with E-state index < -0.39 is 28.5 Å². The quantitative estimate of drug-likeness (QED) is 0.258. The number of hydrogen-bond donors (Lipinski definition) is 1. The standard InChI is InChI=1S/C34H40F3N3O2/c1-5-7-9-26(6-2)10-8-14-32-15-17-33(18-16-32,30(13-19-38)34(35,36)37)31(41)40-22-20-39(21-23-40)25(3)28-12-11-27(32)24-29(28)42-4/h5,7-14,19,24,38H,1,3,6,15-18,20-23H2,2,4H3/b9-7-,14-8-,26-10+,30-13+,38-19?. The third-order valence-corrected chi connectivity index (χ3v) is 9.09. The van der Waals surface area contributed by atoms with Crippen LogP contribution in [0.15, 0.2) is 85.0 Å². The Morgan fingerprint density at radius 1 is 1.07 bits per heavy atom. The van der Waals surface area contributed by atoms with Gasteiger partial charge in [-0.2, -0.15) is 13.2 Å². The molecule has 6 bridgehead atoms. The van der Waals surface area contributed by atoms with Crippen LogP contribution >= 0.6 is 0 Å². The predicted octanol–water partition coefficient (Wildman–Crippen LogP) is 7.39. The van der Waals surface area contributed by atoms with Gasteiger partial charge >= 0.3 is 6.18 Å². The van der Waals surface area contributed by atoms with Crippen molar-refractivity contribution in [2.45, 2.75) is 50.6 Å². The molecule has 5 nitrogen and oxygen atoms in total. The molecule has 0 spiro atoms. The van der Waals surface area contributed by atoms with Gasteiger partial charge in [0.05, 0.1) is 18.1 Å². The summed E-state index contributed by atoms with van der Waals surface area (Å²) in [5, 5.41) is 7.53. The molecule has 1 aromatic rings. The average Bonchev–Trinajstić information content (AvgIpc) is 3.00. The van der Waals surface area contributed by atoms with Gasteiger partial charge in [0.25, 0.3) is 0 Å². The summed E-state index contributed by atoms with van der Waals surface area (Å²) in [6.45, 7) is 11.6. The van der Waals surface area contributed by atoms with Crippen LogP contribution in [0.25, 0.3) is 5.70 Å². The Kier molecular flexibility index (Phi) is 9.34. The van der Waals surface area contributed by atoms with Crippen LogP contribution in [0.1, 0.15) is 50.2 Å². The monoisotopic (exact) mass is 579 g/mol. The first-order chi connectivity index (χ1) is 20.0. The highest BCUT2D eigenvalue weighted by Gasteiger charge is 2.57. The molecule has 0 unspecified atom stereocenters. The lowest BCUT2D eigenvalue weighted by Crippen LogP contribution is -2.56. The van der Waals surface area contributed by atoms with Crippen molar-refractivity contribution in [2.75, 3.05) is 33.3 Å². The number of benzene rings is 1. The number of rotatable bonds is 8. The lowest BCUT2D eigenvalue weighted by molar-refractivity contribution is -0.153. The summed E-state index contributed by atoms with van der Waals surface area (Å²) >= 11 is 0. The number of allylic oxidation sites excluding steroid dienone is 8. The van der Waals surface area contributed by atoms with E-state index in [-0.39, 0.29) is 12.8 Å². The first-order valence-electron chi connectivity index (χ1n) is 14.4. The normalized spacial score (nSPS) is 25.5. The largest absolute Gasteiger partial charge is 0.496 e. The van der Waals surface area contributed by atoms with Crippen LogP contribution in [-0.4, -0.2) is 61.4 Å². The van der Waals surface area contributed by atoms with Crippen LogP contribution < -0.4 is 4.74 Å². The minimum absolute atomic E-state index is 0.00701. The van der Waals surface area contributed by atoms with Gasteiger partial charge < -0.3 is 19.9 Å². The summed E-state index contributed by atoms with van der Waals surface area (Å²) in [7, 11) is 1.62. The second kappa shape index (κ2) is 12.6. The molecule has 8 heteroatoms. The number of carbonyl (C=O) groups is 1. The van der Waals surface area contributed by atoms with Crippen molar-refractivity contribution in [3.05, 3.63) is 96.2 Å². The summed E-state index contributed by atoms with van der Waals surface area (Å²) in [4.78, 5) is 17.8. The highest BCUT2D eigenvalue weighted by Crippen LogP contribution is 2.56. The first-order valence-corrected chi connectivity index (χ1v) is 14.4. The number of hydrogen-bond acceptors (Lipinski definition) is 4. The van der Waals surface area contributed by atoms with E-state index in [4.69, 9.17) is 10.1 Å². The van der Waals surface area contributed by atoms with Crippen molar-refractivity contribution in [1.82, 2.24) is 9.80 Å². The van der Waals surface area contributed by atoms with Gasteiger partial charge in [-0.15, -0.1) is 0 Å². The maximum atomic E-state index is 14.6. The molecule has 0 radical (unpaired) electrons. The topological polar surface area (TPSA) is 56.6 Å². The van der Waals surface area contributed by atoms with Crippen molar-refractivity contribution in [3.63, 3.8) is 0 Å². The van der Waals surface area contributed by atoms with Crippen LogP contribution in [0.3, 0.4) is 0 Å².